The Balaban J connectivity index is 1.97. The van der Waals surface area contributed by atoms with Crippen LogP contribution in [0.25, 0.3) is 0 Å². The van der Waals surface area contributed by atoms with Crippen LogP contribution in [-0.2, 0) is 4.74 Å². The summed E-state index contributed by atoms with van der Waals surface area (Å²) in [5, 5.41) is 10.5. The van der Waals surface area contributed by atoms with Gasteiger partial charge in [0.2, 0.25) is 0 Å². The van der Waals surface area contributed by atoms with Crippen LogP contribution in [0.1, 0.15) is 36.1 Å². The molecular formula is C17H27NO2. The molecule has 20 heavy (non-hydrogen) atoms. The van der Waals surface area contributed by atoms with E-state index in [0.29, 0.717) is 12.5 Å². The van der Waals surface area contributed by atoms with Crippen LogP contribution in [0.2, 0.25) is 0 Å². The number of hydrogen-bond acceptors (Lipinski definition) is 3. The summed E-state index contributed by atoms with van der Waals surface area (Å²) < 4.78 is 5.44. The van der Waals surface area contributed by atoms with Gasteiger partial charge >= 0.3 is 0 Å². The van der Waals surface area contributed by atoms with E-state index in [9.17, 15) is 5.11 Å². The van der Waals surface area contributed by atoms with Crippen LogP contribution in [0.3, 0.4) is 0 Å². The summed E-state index contributed by atoms with van der Waals surface area (Å²) in [6.45, 7) is 10.8. The second-order valence-electron chi connectivity index (χ2n) is 5.96. The number of aliphatic hydroxyl groups is 1. The third-order valence-corrected chi connectivity index (χ3v) is 4.21. The van der Waals surface area contributed by atoms with Crippen molar-refractivity contribution in [3.05, 3.63) is 34.9 Å². The minimum atomic E-state index is -0.405. The fourth-order valence-corrected chi connectivity index (χ4v) is 2.89. The average Bonchev–Trinajstić information content (AvgIpc) is 2.93. The number of aryl methyl sites for hydroxylation is 2. The van der Waals surface area contributed by atoms with Gasteiger partial charge in [0.25, 0.3) is 0 Å². The summed E-state index contributed by atoms with van der Waals surface area (Å²) in [6, 6.07) is 6.29. The fraction of sp³-hybridized carbons (Fsp3) is 0.647. The van der Waals surface area contributed by atoms with Crippen molar-refractivity contribution in [3.63, 3.8) is 0 Å². The van der Waals surface area contributed by atoms with Crippen molar-refractivity contribution >= 4 is 0 Å². The smallest absolute Gasteiger partial charge is 0.0919 e. The molecule has 1 N–H and O–H groups in total. The molecule has 1 heterocycles. The molecule has 1 aliphatic rings. The van der Waals surface area contributed by atoms with Gasteiger partial charge in [0, 0.05) is 19.7 Å². The minimum absolute atomic E-state index is 0.405. The Hall–Kier alpha value is -0.900. The Morgan fingerprint density at radius 3 is 2.85 bits per heavy atom. The first-order chi connectivity index (χ1) is 9.60. The van der Waals surface area contributed by atoms with Gasteiger partial charge in [0.15, 0.2) is 0 Å². The number of ether oxygens (including phenoxy) is 1. The van der Waals surface area contributed by atoms with Crippen molar-refractivity contribution in [2.45, 2.75) is 33.3 Å². The van der Waals surface area contributed by atoms with Crippen LogP contribution < -0.4 is 0 Å². The third kappa shape index (κ3) is 4.05. The van der Waals surface area contributed by atoms with E-state index in [0.717, 1.165) is 38.3 Å². The number of benzene rings is 1. The molecule has 0 bridgehead atoms. The van der Waals surface area contributed by atoms with Gasteiger partial charge in [-0.3, -0.25) is 0 Å². The Kier molecular flexibility index (Phi) is 5.58. The summed E-state index contributed by atoms with van der Waals surface area (Å²) in [5.41, 5.74) is 3.44. The van der Waals surface area contributed by atoms with Crippen molar-refractivity contribution in [1.82, 2.24) is 4.90 Å². The average molecular weight is 277 g/mol. The molecule has 3 nitrogen and oxygen atoms in total. The van der Waals surface area contributed by atoms with Crippen molar-refractivity contribution in [3.8, 4) is 0 Å². The van der Waals surface area contributed by atoms with E-state index in [1.54, 1.807) is 0 Å². The van der Waals surface area contributed by atoms with Gasteiger partial charge in [0.05, 0.1) is 12.7 Å². The van der Waals surface area contributed by atoms with Gasteiger partial charge in [-0.1, -0.05) is 30.7 Å². The second-order valence-corrected chi connectivity index (χ2v) is 5.96. The Labute approximate surface area is 122 Å². The molecule has 0 amide bonds. The van der Waals surface area contributed by atoms with Crippen LogP contribution >= 0.6 is 0 Å². The highest BCUT2D eigenvalue weighted by Gasteiger charge is 2.21. The van der Waals surface area contributed by atoms with Gasteiger partial charge in [0.1, 0.15) is 0 Å². The van der Waals surface area contributed by atoms with Crippen LogP contribution in [0.5, 0.6) is 0 Å². The predicted molar refractivity (Wildman–Crippen MR) is 81.9 cm³/mol. The molecule has 0 saturated carbocycles. The summed E-state index contributed by atoms with van der Waals surface area (Å²) >= 11 is 0. The number of likely N-dealkylation sites (N-methyl/N-ethyl adjacent to an activating group) is 1. The first-order valence-electron chi connectivity index (χ1n) is 7.65. The molecule has 2 atom stereocenters. The molecule has 1 fully saturated rings. The van der Waals surface area contributed by atoms with E-state index >= 15 is 0 Å². The molecule has 112 valence electrons. The molecule has 3 heteroatoms. The summed E-state index contributed by atoms with van der Waals surface area (Å²) in [4.78, 5) is 2.34. The largest absolute Gasteiger partial charge is 0.387 e. The van der Waals surface area contributed by atoms with Crippen molar-refractivity contribution in [2.24, 2.45) is 5.92 Å². The Bertz CT molecular complexity index is 427. The van der Waals surface area contributed by atoms with Gasteiger partial charge in [-0.2, -0.15) is 0 Å². The van der Waals surface area contributed by atoms with E-state index in [4.69, 9.17) is 4.74 Å². The quantitative estimate of drug-likeness (QED) is 0.868. The highest BCUT2D eigenvalue weighted by Crippen LogP contribution is 2.21. The number of nitrogens with zero attached hydrogens (tertiary/aromatic N) is 1. The lowest BCUT2D eigenvalue weighted by atomic mass is 10.00. The molecule has 1 aromatic carbocycles. The summed E-state index contributed by atoms with van der Waals surface area (Å²) in [5.74, 6) is 0.626. The zero-order valence-corrected chi connectivity index (χ0v) is 12.9. The summed E-state index contributed by atoms with van der Waals surface area (Å²) in [6.07, 6.45) is 0.743. The summed E-state index contributed by atoms with van der Waals surface area (Å²) in [7, 11) is 0. The highest BCUT2D eigenvalue weighted by atomic mass is 16.5. The second kappa shape index (κ2) is 7.21. The topological polar surface area (TPSA) is 32.7 Å². The molecule has 0 spiro atoms. The molecular weight excluding hydrogens is 250 g/mol. The number of hydrogen-bond donors (Lipinski definition) is 1. The number of rotatable bonds is 6. The maximum Gasteiger partial charge on any atom is 0.0919 e. The molecule has 1 aromatic rings. The fourth-order valence-electron chi connectivity index (χ4n) is 2.89. The Morgan fingerprint density at radius 1 is 1.40 bits per heavy atom. The van der Waals surface area contributed by atoms with Crippen molar-refractivity contribution in [2.75, 3.05) is 32.8 Å². The predicted octanol–water partition coefficient (Wildman–Crippen LogP) is 2.70. The maximum absolute atomic E-state index is 10.5. The van der Waals surface area contributed by atoms with Gasteiger partial charge in [-0.05, 0) is 43.9 Å². The third-order valence-electron chi connectivity index (χ3n) is 4.21. The molecule has 1 saturated heterocycles. The van der Waals surface area contributed by atoms with E-state index < -0.39 is 6.10 Å². The lowest BCUT2D eigenvalue weighted by Crippen LogP contribution is -2.33. The molecule has 2 rings (SSSR count). The zero-order valence-electron chi connectivity index (χ0n) is 12.9. The standard InChI is InChI=1S/C17H27NO2/c1-4-18(10-15-7-8-20-12-15)11-17(19)16-9-13(2)5-6-14(16)3/h5-6,9,15,17,19H,4,7-8,10-12H2,1-3H3/t15-,17+/m1/s1. The van der Waals surface area contributed by atoms with Gasteiger partial charge in [-0.15, -0.1) is 0 Å². The molecule has 0 aliphatic carbocycles. The van der Waals surface area contributed by atoms with E-state index in [2.05, 4.69) is 43.9 Å². The van der Waals surface area contributed by atoms with E-state index in [1.165, 1.54) is 11.1 Å². The lowest BCUT2D eigenvalue weighted by Gasteiger charge is -2.26. The lowest BCUT2D eigenvalue weighted by molar-refractivity contribution is 0.101. The van der Waals surface area contributed by atoms with E-state index in [-0.39, 0.29) is 0 Å². The SMILES string of the molecule is CCN(C[C@H]1CCOC1)C[C@H](O)c1cc(C)ccc1C. The van der Waals surface area contributed by atoms with Crippen LogP contribution in [0.4, 0.5) is 0 Å². The zero-order chi connectivity index (χ0) is 14.5. The first kappa shape index (κ1) is 15.5. The molecule has 1 aliphatic heterocycles. The van der Waals surface area contributed by atoms with Gasteiger partial charge < -0.3 is 14.7 Å². The van der Waals surface area contributed by atoms with Crippen LogP contribution in [0, 0.1) is 19.8 Å². The van der Waals surface area contributed by atoms with Gasteiger partial charge in [-0.25, -0.2) is 0 Å². The van der Waals surface area contributed by atoms with Crippen LogP contribution in [-0.4, -0.2) is 42.9 Å². The minimum Gasteiger partial charge on any atom is -0.387 e. The molecule has 0 aromatic heterocycles. The van der Waals surface area contributed by atoms with E-state index in [1.807, 2.05) is 0 Å². The maximum atomic E-state index is 10.5. The normalized spacial score (nSPS) is 20.6. The van der Waals surface area contributed by atoms with Crippen molar-refractivity contribution in [1.29, 1.82) is 0 Å². The highest BCUT2D eigenvalue weighted by molar-refractivity contribution is 5.32. The molecule has 0 radical (unpaired) electrons. The monoisotopic (exact) mass is 277 g/mol. The molecule has 0 unspecified atom stereocenters. The Morgan fingerprint density at radius 2 is 2.20 bits per heavy atom. The first-order valence-corrected chi connectivity index (χ1v) is 7.65. The number of aliphatic hydroxyl groups excluding tert-OH is 1. The van der Waals surface area contributed by atoms with Crippen LogP contribution in [0.15, 0.2) is 18.2 Å². The van der Waals surface area contributed by atoms with Crippen molar-refractivity contribution < 1.29 is 9.84 Å².